The summed E-state index contributed by atoms with van der Waals surface area (Å²) in [5.41, 5.74) is 10.9. The molecule has 2 aromatic rings. The van der Waals surface area contributed by atoms with Crippen LogP contribution < -0.4 is 0 Å². The first-order valence-electron chi connectivity index (χ1n) is 7.99. The summed E-state index contributed by atoms with van der Waals surface area (Å²) in [4.78, 5) is 21.5. The van der Waals surface area contributed by atoms with Crippen molar-refractivity contribution in [3.8, 4) is 0 Å². The minimum Gasteiger partial charge on any atom is -0.336 e. The van der Waals surface area contributed by atoms with E-state index < -0.39 is 0 Å². The van der Waals surface area contributed by atoms with Gasteiger partial charge in [-0.3, -0.25) is 9.78 Å². The second-order valence-electron chi connectivity index (χ2n) is 6.03. The van der Waals surface area contributed by atoms with Crippen molar-refractivity contribution in [2.75, 3.05) is 6.54 Å². The number of hydrogen-bond acceptors (Lipinski definition) is 3. The van der Waals surface area contributed by atoms with Crippen molar-refractivity contribution < 1.29 is 4.79 Å². The molecular weight excluding hydrogens is 302 g/mol. The number of hydrogen-bond donors (Lipinski definition) is 0. The highest BCUT2D eigenvalue weighted by Gasteiger charge is 2.37. The molecule has 3 atom stereocenters. The fourth-order valence-electron chi connectivity index (χ4n) is 3.30. The Labute approximate surface area is 140 Å². The molecule has 1 fully saturated rings. The third-order valence-corrected chi connectivity index (χ3v) is 4.59. The van der Waals surface area contributed by atoms with Gasteiger partial charge >= 0.3 is 0 Å². The quantitative estimate of drug-likeness (QED) is 0.473. The highest BCUT2D eigenvalue weighted by molar-refractivity contribution is 5.79. The van der Waals surface area contributed by atoms with Gasteiger partial charge in [0.15, 0.2) is 0 Å². The van der Waals surface area contributed by atoms with E-state index in [2.05, 4.69) is 15.0 Å². The Morgan fingerprint density at radius 2 is 2.00 bits per heavy atom. The number of benzene rings is 1. The lowest BCUT2D eigenvalue weighted by Gasteiger charge is -2.26. The van der Waals surface area contributed by atoms with Crippen molar-refractivity contribution >= 4 is 5.91 Å². The maximum absolute atomic E-state index is 12.5. The van der Waals surface area contributed by atoms with E-state index in [9.17, 15) is 4.79 Å². The molecule has 24 heavy (non-hydrogen) atoms. The van der Waals surface area contributed by atoms with Crippen LogP contribution in [0, 0.1) is 5.92 Å². The predicted molar refractivity (Wildman–Crippen MR) is 90.8 cm³/mol. The molecule has 1 aliphatic rings. The number of azide groups is 1. The number of amides is 1. The molecule has 2 heterocycles. The molecule has 0 radical (unpaired) electrons. The first-order valence-corrected chi connectivity index (χ1v) is 7.99. The Bertz CT molecular complexity index is 743. The predicted octanol–water partition coefficient (Wildman–Crippen LogP) is 4.04. The number of carbonyl (C=O) groups is 1. The Kier molecular flexibility index (Phi) is 4.77. The SMILES string of the molecule is C[C@H](c1ccccc1)N1C[C@H](C(N=[N+]=[N-])c2cccnc2)CC1=O. The third-order valence-electron chi connectivity index (χ3n) is 4.59. The molecular formula is C18H19N5O. The van der Waals surface area contributed by atoms with E-state index in [4.69, 9.17) is 5.53 Å². The molecule has 1 aromatic heterocycles. The molecule has 0 saturated carbocycles. The second kappa shape index (κ2) is 7.15. The van der Waals surface area contributed by atoms with Crippen LogP contribution in [0.2, 0.25) is 0 Å². The molecule has 6 heteroatoms. The van der Waals surface area contributed by atoms with Crippen molar-refractivity contribution in [3.05, 3.63) is 76.4 Å². The summed E-state index contributed by atoms with van der Waals surface area (Å²) < 4.78 is 0. The van der Waals surface area contributed by atoms with Gasteiger partial charge in [-0.1, -0.05) is 41.5 Å². The molecule has 1 amide bonds. The summed E-state index contributed by atoms with van der Waals surface area (Å²) in [6.07, 6.45) is 3.77. The van der Waals surface area contributed by atoms with E-state index in [0.717, 1.165) is 11.1 Å². The van der Waals surface area contributed by atoms with E-state index in [1.54, 1.807) is 12.4 Å². The summed E-state index contributed by atoms with van der Waals surface area (Å²) in [7, 11) is 0. The summed E-state index contributed by atoms with van der Waals surface area (Å²) in [6.45, 7) is 2.61. The summed E-state index contributed by atoms with van der Waals surface area (Å²) in [6, 6.07) is 13.3. The van der Waals surface area contributed by atoms with E-state index >= 15 is 0 Å². The monoisotopic (exact) mass is 321 g/mol. The lowest BCUT2D eigenvalue weighted by Crippen LogP contribution is -2.29. The van der Waals surface area contributed by atoms with Gasteiger partial charge in [-0.2, -0.15) is 0 Å². The normalized spacial score (nSPS) is 19.6. The van der Waals surface area contributed by atoms with E-state index in [1.807, 2.05) is 54.3 Å². The van der Waals surface area contributed by atoms with Gasteiger partial charge in [0.05, 0.1) is 12.1 Å². The van der Waals surface area contributed by atoms with Gasteiger partial charge < -0.3 is 4.90 Å². The molecule has 0 bridgehead atoms. The van der Waals surface area contributed by atoms with Crippen LogP contribution in [-0.2, 0) is 4.79 Å². The fraction of sp³-hybridized carbons (Fsp3) is 0.333. The maximum Gasteiger partial charge on any atom is 0.223 e. The first-order chi connectivity index (χ1) is 11.7. The average molecular weight is 321 g/mol. The van der Waals surface area contributed by atoms with E-state index in [0.29, 0.717) is 13.0 Å². The minimum absolute atomic E-state index is 0.00399. The van der Waals surface area contributed by atoms with Crippen LogP contribution in [0.25, 0.3) is 10.4 Å². The highest BCUT2D eigenvalue weighted by Crippen LogP contribution is 2.37. The summed E-state index contributed by atoms with van der Waals surface area (Å²) in [5, 5.41) is 3.94. The molecule has 0 N–H and O–H groups in total. The smallest absolute Gasteiger partial charge is 0.223 e. The third kappa shape index (κ3) is 3.24. The van der Waals surface area contributed by atoms with E-state index in [-0.39, 0.29) is 23.9 Å². The van der Waals surface area contributed by atoms with E-state index in [1.165, 1.54) is 0 Å². The van der Waals surface area contributed by atoms with Crippen LogP contribution in [-0.4, -0.2) is 22.3 Å². The Balaban J connectivity index is 1.81. The van der Waals surface area contributed by atoms with Crippen molar-refractivity contribution in [1.82, 2.24) is 9.88 Å². The molecule has 1 saturated heterocycles. The van der Waals surface area contributed by atoms with Gasteiger partial charge in [0.2, 0.25) is 5.91 Å². The second-order valence-corrected chi connectivity index (χ2v) is 6.03. The van der Waals surface area contributed by atoms with Gasteiger partial charge in [-0.25, -0.2) is 0 Å². The zero-order chi connectivity index (χ0) is 16.9. The van der Waals surface area contributed by atoms with Crippen LogP contribution in [0.1, 0.15) is 36.6 Å². The average Bonchev–Trinajstić information content (AvgIpc) is 3.02. The molecule has 1 aliphatic heterocycles. The first kappa shape index (κ1) is 16.0. The lowest BCUT2D eigenvalue weighted by atomic mass is 9.94. The largest absolute Gasteiger partial charge is 0.336 e. The van der Waals surface area contributed by atoms with Crippen LogP contribution in [0.15, 0.2) is 60.0 Å². The maximum atomic E-state index is 12.5. The number of likely N-dealkylation sites (tertiary alicyclic amines) is 1. The molecule has 3 rings (SSSR count). The molecule has 1 aromatic carbocycles. The van der Waals surface area contributed by atoms with Gasteiger partial charge in [-0.15, -0.1) is 0 Å². The van der Waals surface area contributed by atoms with Crippen LogP contribution in [0.4, 0.5) is 0 Å². The summed E-state index contributed by atoms with van der Waals surface area (Å²) >= 11 is 0. The zero-order valence-electron chi connectivity index (χ0n) is 13.5. The topological polar surface area (TPSA) is 82.0 Å². The van der Waals surface area contributed by atoms with Crippen LogP contribution >= 0.6 is 0 Å². The zero-order valence-corrected chi connectivity index (χ0v) is 13.5. The highest BCUT2D eigenvalue weighted by atomic mass is 16.2. The van der Waals surface area contributed by atoms with Gasteiger partial charge in [0.25, 0.3) is 0 Å². The minimum atomic E-state index is -0.374. The number of nitrogens with zero attached hydrogens (tertiary/aromatic N) is 5. The molecule has 0 spiro atoms. The van der Waals surface area contributed by atoms with Crippen molar-refractivity contribution in [2.24, 2.45) is 11.0 Å². The summed E-state index contributed by atoms with van der Waals surface area (Å²) in [5.74, 6) is 0.0575. The lowest BCUT2D eigenvalue weighted by molar-refractivity contribution is -0.129. The number of aromatic nitrogens is 1. The van der Waals surface area contributed by atoms with Gasteiger partial charge in [0.1, 0.15) is 0 Å². The van der Waals surface area contributed by atoms with Crippen molar-refractivity contribution in [1.29, 1.82) is 0 Å². The van der Waals surface area contributed by atoms with Crippen molar-refractivity contribution in [2.45, 2.75) is 25.4 Å². The molecule has 1 unspecified atom stereocenters. The van der Waals surface area contributed by atoms with Gasteiger partial charge in [0, 0.05) is 30.3 Å². The Morgan fingerprint density at radius 1 is 1.25 bits per heavy atom. The number of carbonyl (C=O) groups excluding carboxylic acids is 1. The molecule has 0 aliphatic carbocycles. The number of rotatable bonds is 5. The Morgan fingerprint density at radius 3 is 2.67 bits per heavy atom. The molecule has 122 valence electrons. The van der Waals surface area contributed by atoms with Gasteiger partial charge in [-0.05, 0) is 35.6 Å². The standard InChI is InChI=1S/C18H19N5O/c1-13(14-6-3-2-4-7-14)23-12-16(10-17(23)24)18(21-22-19)15-8-5-9-20-11-15/h2-9,11,13,16,18H,10,12H2,1H3/t13-,16-,18?/m1/s1. The van der Waals surface area contributed by atoms with Crippen LogP contribution in [0.3, 0.4) is 0 Å². The molecule has 6 nitrogen and oxygen atoms in total. The number of pyridine rings is 1. The fourth-order valence-corrected chi connectivity index (χ4v) is 3.30. The van der Waals surface area contributed by atoms with Crippen LogP contribution in [0.5, 0.6) is 0 Å². The Hall–Kier alpha value is -2.85. The van der Waals surface area contributed by atoms with Crippen molar-refractivity contribution in [3.63, 3.8) is 0 Å².